The maximum atomic E-state index is 9.69. The molecule has 0 unspecified atom stereocenters. The Morgan fingerprint density at radius 2 is 1.32 bits per heavy atom. The maximum absolute atomic E-state index is 9.69. The number of carbonyl (C=O) groups excluding carboxylic acids is 1. The number of carbonyl (C=O) groups is 1. The molecule has 0 amide bonds. The summed E-state index contributed by atoms with van der Waals surface area (Å²) in [4.78, 5) is 12.4. The molecule has 0 saturated heterocycles. The number of terminal acetylenes is 1. The highest BCUT2D eigenvalue weighted by Gasteiger charge is 2.21. The van der Waals surface area contributed by atoms with E-state index in [2.05, 4.69) is 72.0 Å². The molecule has 3 rings (SSSR count). The molecule has 170 valence electrons. The summed E-state index contributed by atoms with van der Waals surface area (Å²) < 4.78 is 0. The normalized spacial score (nSPS) is 12.7. The molecule has 0 bridgehead atoms. The summed E-state index contributed by atoms with van der Waals surface area (Å²) in [6.45, 7) is 5.59. The van der Waals surface area contributed by atoms with Crippen molar-refractivity contribution in [2.45, 2.75) is 65.1 Å². The Hall–Kier alpha value is -2.45. The van der Waals surface area contributed by atoms with Crippen molar-refractivity contribution in [1.82, 2.24) is 4.90 Å². The van der Waals surface area contributed by atoms with Gasteiger partial charge in [0.1, 0.15) is 6.61 Å². The summed E-state index contributed by atoms with van der Waals surface area (Å²) in [6, 6.07) is 22.6. The third-order valence-corrected chi connectivity index (χ3v) is 4.85. The Morgan fingerprint density at radius 1 is 0.903 bits per heavy atom. The first kappa shape index (κ1) is 28.5. The van der Waals surface area contributed by atoms with Crippen molar-refractivity contribution >= 4 is 5.78 Å². The minimum Gasteiger partial charge on any atom is -0.400 e. The number of hydrogen-bond donors (Lipinski definition) is 2. The van der Waals surface area contributed by atoms with Crippen LogP contribution in [0.3, 0.4) is 0 Å². The highest BCUT2D eigenvalue weighted by Crippen LogP contribution is 2.25. The van der Waals surface area contributed by atoms with Gasteiger partial charge >= 0.3 is 0 Å². The van der Waals surface area contributed by atoms with Gasteiger partial charge in [-0.05, 0) is 29.9 Å². The molecule has 1 aliphatic rings. The second-order valence-electron chi connectivity index (χ2n) is 6.89. The lowest BCUT2D eigenvalue weighted by Gasteiger charge is -2.34. The third kappa shape index (κ3) is 12.8. The second kappa shape index (κ2) is 19.5. The molecule has 0 aliphatic heterocycles. The molecule has 2 aromatic carbocycles. The van der Waals surface area contributed by atoms with Crippen LogP contribution in [0.25, 0.3) is 0 Å². The summed E-state index contributed by atoms with van der Waals surface area (Å²) in [5, 5.41) is 14.8. The number of benzene rings is 2. The van der Waals surface area contributed by atoms with Crippen molar-refractivity contribution in [3.05, 3.63) is 71.8 Å². The van der Waals surface area contributed by atoms with Gasteiger partial charge in [0.25, 0.3) is 0 Å². The van der Waals surface area contributed by atoms with Gasteiger partial charge in [-0.25, -0.2) is 0 Å². The first-order chi connectivity index (χ1) is 15.2. The van der Waals surface area contributed by atoms with E-state index >= 15 is 0 Å². The molecule has 0 atom stereocenters. The monoisotopic (exact) mass is 425 g/mol. The molecule has 0 radical (unpaired) electrons. The van der Waals surface area contributed by atoms with Crippen LogP contribution in [0.2, 0.25) is 0 Å². The molecule has 2 aromatic rings. The van der Waals surface area contributed by atoms with E-state index in [0.29, 0.717) is 0 Å². The van der Waals surface area contributed by atoms with E-state index < -0.39 is 12.4 Å². The average Bonchev–Trinajstić information content (AvgIpc) is 2.88. The van der Waals surface area contributed by atoms with Crippen LogP contribution >= 0.6 is 0 Å². The van der Waals surface area contributed by atoms with Gasteiger partial charge in [-0.3, -0.25) is 9.69 Å². The van der Waals surface area contributed by atoms with Crippen LogP contribution < -0.4 is 0 Å². The zero-order valence-electron chi connectivity index (χ0n) is 19.3. The SMILES string of the molecule is C#CC(=O)CO.CC.CO.c1ccc(CN(Cc2ccccc2)C2CCCCC2)cc1. The molecule has 4 heteroatoms. The van der Waals surface area contributed by atoms with Gasteiger partial charge in [-0.1, -0.05) is 93.8 Å². The van der Waals surface area contributed by atoms with E-state index in [9.17, 15) is 4.79 Å². The Morgan fingerprint density at radius 3 is 1.65 bits per heavy atom. The van der Waals surface area contributed by atoms with Gasteiger partial charge in [0.2, 0.25) is 5.78 Å². The minimum absolute atomic E-state index is 0.545. The summed E-state index contributed by atoms with van der Waals surface area (Å²) in [6.07, 6.45) is 11.4. The number of rotatable bonds is 6. The largest absolute Gasteiger partial charge is 0.400 e. The Kier molecular flexibility index (Phi) is 18.0. The number of aliphatic hydroxyl groups excluding tert-OH is 2. The zero-order valence-corrected chi connectivity index (χ0v) is 19.3. The molecule has 31 heavy (non-hydrogen) atoms. The first-order valence-electron chi connectivity index (χ1n) is 11.1. The molecule has 1 fully saturated rings. The van der Waals surface area contributed by atoms with Crippen molar-refractivity contribution in [3.8, 4) is 12.3 Å². The fourth-order valence-corrected chi connectivity index (χ4v) is 3.44. The van der Waals surface area contributed by atoms with Crippen LogP contribution in [0.5, 0.6) is 0 Å². The van der Waals surface area contributed by atoms with Gasteiger partial charge in [0.05, 0.1) is 0 Å². The highest BCUT2D eigenvalue weighted by molar-refractivity contribution is 5.95. The van der Waals surface area contributed by atoms with Gasteiger partial charge < -0.3 is 10.2 Å². The van der Waals surface area contributed by atoms with E-state index in [1.54, 1.807) is 5.92 Å². The molecule has 2 N–H and O–H groups in total. The fourth-order valence-electron chi connectivity index (χ4n) is 3.44. The summed E-state index contributed by atoms with van der Waals surface area (Å²) in [5.74, 6) is 1.15. The van der Waals surface area contributed by atoms with E-state index in [-0.39, 0.29) is 0 Å². The smallest absolute Gasteiger partial charge is 0.230 e. The Balaban J connectivity index is 0.000000771. The van der Waals surface area contributed by atoms with Crippen molar-refractivity contribution in [2.24, 2.45) is 0 Å². The van der Waals surface area contributed by atoms with Gasteiger partial charge in [0, 0.05) is 26.2 Å². The molecule has 1 aliphatic carbocycles. The second-order valence-corrected chi connectivity index (χ2v) is 6.89. The topological polar surface area (TPSA) is 60.8 Å². The number of aliphatic hydroxyl groups is 2. The molecule has 4 nitrogen and oxygen atoms in total. The summed E-state index contributed by atoms with van der Waals surface area (Å²) >= 11 is 0. The van der Waals surface area contributed by atoms with Gasteiger partial charge in [-0.15, -0.1) is 6.42 Å². The van der Waals surface area contributed by atoms with Crippen LogP contribution in [0.15, 0.2) is 60.7 Å². The Labute approximate surface area is 188 Å². The fraction of sp³-hybridized carbons (Fsp3) is 0.444. The number of nitrogens with zero attached hydrogens (tertiary/aromatic N) is 1. The highest BCUT2D eigenvalue weighted by atomic mass is 16.3. The standard InChI is InChI=1S/C20H25N.C4H4O2.C2H6.CH4O/c1-4-10-18(11-5-1)16-21(20-14-8-3-9-15-20)17-19-12-6-2-7-13-19;1-2-4(6)3-5;2*1-2/h1-2,4-7,10-13,20H,3,8-9,14-17H2;1,5H,3H2;1-2H3;2H,1H3. The van der Waals surface area contributed by atoms with Crippen molar-refractivity contribution in [2.75, 3.05) is 13.7 Å². The molecular weight excluding hydrogens is 386 g/mol. The van der Waals surface area contributed by atoms with Crippen molar-refractivity contribution in [1.29, 1.82) is 0 Å². The lowest BCUT2D eigenvalue weighted by Crippen LogP contribution is -2.35. The number of ketones is 1. The van der Waals surface area contributed by atoms with E-state index in [0.717, 1.165) is 26.2 Å². The first-order valence-corrected chi connectivity index (χ1v) is 11.1. The Bertz CT molecular complexity index is 663. The number of Topliss-reactive ketones (excluding diaryl/α,β-unsaturated/α-hetero) is 1. The van der Waals surface area contributed by atoms with Crippen LogP contribution in [0, 0.1) is 12.3 Å². The lowest BCUT2D eigenvalue weighted by atomic mass is 9.93. The van der Waals surface area contributed by atoms with Gasteiger partial charge in [0.15, 0.2) is 0 Å². The maximum Gasteiger partial charge on any atom is 0.230 e. The minimum atomic E-state index is -0.574. The van der Waals surface area contributed by atoms with E-state index in [4.69, 9.17) is 10.2 Å². The summed E-state index contributed by atoms with van der Waals surface area (Å²) in [7, 11) is 1.00. The molecule has 1 saturated carbocycles. The molecule has 0 aromatic heterocycles. The van der Waals surface area contributed by atoms with Crippen molar-refractivity contribution < 1.29 is 15.0 Å². The molecule has 0 spiro atoms. The predicted octanol–water partition coefficient (Wildman–Crippen LogP) is 4.84. The molecule has 0 heterocycles. The lowest BCUT2D eigenvalue weighted by molar-refractivity contribution is -0.116. The van der Waals surface area contributed by atoms with Crippen LogP contribution in [0.1, 0.15) is 57.1 Å². The quantitative estimate of drug-likeness (QED) is 0.514. The number of hydrogen-bond acceptors (Lipinski definition) is 4. The molecular formula is C27H39NO3. The third-order valence-electron chi connectivity index (χ3n) is 4.85. The van der Waals surface area contributed by atoms with Crippen LogP contribution in [-0.4, -0.2) is 40.7 Å². The zero-order chi connectivity index (χ0) is 23.3. The average molecular weight is 426 g/mol. The van der Waals surface area contributed by atoms with E-state index in [1.807, 2.05) is 13.8 Å². The van der Waals surface area contributed by atoms with Crippen molar-refractivity contribution in [3.63, 3.8) is 0 Å². The van der Waals surface area contributed by atoms with Gasteiger partial charge in [-0.2, -0.15) is 0 Å². The predicted molar refractivity (Wildman–Crippen MR) is 129 cm³/mol. The van der Waals surface area contributed by atoms with Crippen LogP contribution in [-0.2, 0) is 17.9 Å². The summed E-state index contributed by atoms with van der Waals surface area (Å²) in [5.41, 5.74) is 2.86. The van der Waals surface area contributed by atoms with E-state index in [1.165, 1.54) is 43.2 Å². The van der Waals surface area contributed by atoms with Crippen LogP contribution in [0.4, 0.5) is 0 Å².